The molecule has 20 heavy (non-hydrogen) atoms. The average Bonchev–Trinajstić information content (AvgIpc) is 2.75. The zero-order valence-corrected chi connectivity index (χ0v) is 12.9. The molecule has 2 N–H and O–H groups in total. The number of hydrogen-bond donors (Lipinski definition) is 1. The molecule has 1 aromatic heterocycles. The summed E-state index contributed by atoms with van der Waals surface area (Å²) in [5, 5.41) is 5.06. The summed E-state index contributed by atoms with van der Waals surface area (Å²) >= 11 is 5.91. The predicted molar refractivity (Wildman–Crippen MR) is 82.7 cm³/mol. The van der Waals surface area contributed by atoms with Crippen molar-refractivity contribution >= 4 is 11.6 Å². The lowest BCUT2D eigenvalue weighted by molar-refractivity contribution is 0.241. The van der Waals surface area contributed by atoms with Gasteiger partial charge in [-0.1, -0.05) is 23.7 Å². The Bertz CT molecular complexity index is 562. The van der Waals surface area contributed by atoms with Crippen molar-refractivity contribution < 1.29 is 0 Å². The van der Waals surface area contributed by atoms with Crippen LogP contribution in [0.1, 0.15) is 22.9 Å². The number of halogens is 1. The van der Waals surface area contributed by atoms with E-state index in [0.717, 1.165) is 17.3 Å². The molecular weight excluding hydrogens is 272 g/mol. The van der Waals surface area contributed by atoms with E-state index >= 15 is 0 Å². The van der Waals surface area contributed by atoms with Gasteiger partial charge in [-0.05, 0) is 31.7 Å². The summed E-state index contributed by atoms with van der Waals surface area (Å²) in [4.78, 5) is 2.24. The first-order valence-corrected chi connectivity index (χ1v) is 7.04. The molecule has 2 aromatic rings. The van der Waals surface area contributed by atoms with Gasteiger partial charge < -0.3 is 5.73 Å². The van der Waals surface area contributed by atoms with E-state index in [2.05, 4.69) is 24.0 Å². The molecule has 4 nitrogen and oxygen atoms in total. The Morgan fingerprint density at radius 1 is 1.35 bits per heavy atom. The maximum Gasteiger partial charge on any atom is 0.0540 e. The van der Waals surface area contributed by atoms with E-state index in [4.69, 9.17) is 17.3 Å². The molecule has 0 aliphatic heterocycles. The highest BCUT2D eigenvalue weighted by Gasteiger charge is 2.19. The number of nitrogens with two attached hydrogens (primary N) is 1. The van der Waals surface area contributed by atoms with Gasteiger partial charge in [0.25, 0.3) is 0 Å². The molecule has 1 unspecified atom stereocenters. The lowest BCUT2D eigenvalue weighted by Crippen LogP contribution is -2.30. The largest absolute Gasteiger partial charge is 0.329 e. The summed E-state index contributed by atoms with van der Waals surface area (Å²) in [6, 6.07) is 8.08. The maximum atomic E-state index is 5.96. The van der Waals surface area contributed by atoms with Gasteiger partial charge in [0.1, 0.15) is 0 Å². The van der Waals surface area contributed by atoms with Crippen LogP contribution in [-0.2, 0) is 13.6 Å². The molecule has 0 aliphatic carbocycles. The van der Waals surface area contributed by atoms with E-state index in [1.807, 2.05) is 42.2 Å². The molecule has 0 saturated heterocycles. The first-order chi connectivity index (χ1) is 9.52. The van der Waals surface area contributed by atoms with Gasteiger partial charge in [0.05, 0.1) is 12.2 Å². The minimum absolute atomic E-state index is 0.166. The van der Waals surface area contributed by atoms with Crippen LogP contribution in [0.2, 0.25) is 5.02 Å². The number of likely N-dealkylation sites (N-methyl/N-ethyl adjacent to an activating group) is 1. The molecule has 0 radical (unpaired) electrons. The molecule has 2 rings (SSSR count). The van der Waals surface area contributed by atoms with Crippen LogP contribution in [-0.4, -0.2) is 28.3 Å². The average molecular weight is 293 g/mol. The Morgan fingerprint density at radius 3 is 2.50 bits per heavy atom. The molecule has 1 heterocycles. The number of hydrogen-bond acceptors (Lipinski definition) is 3. The second-order valence-electron chi connectivity index (χ2n) is 5.10. The van der Waals surface area contributed by atoms with Crippen LogP contribution < -0.4 is 5.73 Å². The SMILES string of the molecule is Cc1c(C(CN)N(C)Cc2ccc(Cl)cc2)cnn1C. The summed E-state index contributed by atoms with van der Waals surface area (Å²) < 4.78 is 1.88. The Balaban J connectivity index is 2.15. The second kappa shape index (κ2) is 6.39. The third-order valence-corrected chi connectivity index (χ3v) is 3.98. The number of rotatable bonds is 5. The van der Waals surface area contributed by atoms with Crippen LogP contribution in [0.5, 0.6) is 0 Å². The molecule has 0 spiro atoms. The summed E-state index contributed by atoms with van der Waals surface area (Å²) in [6.45, 7) is 3.46. The summed E-state index contributed by atoms with van der Waals surface area (Å²) in [5.74, 6) is 0. The van der Waals surface area contributed by atoms with Crippen LogP contribution in [0.4, 0.5) is 0 Å². The van der Waals surface area contributed by atoms with Crippen molar-refractivity contribution in [3.8, 4) is 0 Å². The minimum atomic E-state index is 0.166. The first kappa shape index (κ1) is 15.0. The monoisotopic (exact) mass is 292 g/mol. The van der Waals surface area contributed by atoms with E-state index in [9.17, 15) is 0 Å². The zero-order chi connectivity index (χ0) is 14.7. The minimum Gasteiger partial charge on any atom is -0.329 e. The topological polar surface area (TPSA) is 47.1 Å². The highest BCUT2D eigenvalue weighted by Crippen LogP contribution is 2.23. The zero-order valence-electron chi connectivity index (χ0n) is 12.2. The lowest BCUT2D eigenvalue weighted by atomic mass is 10.1. The lowest BCUT2D eigenvalue weighted by Gasteiger charge is -2.27. The summed E-state index contributed by atoms with van der Waals surface area (Å²) in [7, 11) is 4.03. The van der Waals surface area contributed by atoms with Gasteiger partial charge in [-0.3, -0.25) is 9.58 Å². The molecule has 0 fully saturated rings. The van der Waals surface area contributed by atoms with Gasteiger partial charge in [0.2, 0.25) is 0 Å². The van der Waals surface area contributed by atoms with E-state index in [1.165, 1.54) is 11.1 Å². The van der Waals surface area contributed by atoms with Crippen molar-refractivity contribution in [2.45, 2.75) is 19.5 Å². The van der Waals surface area contributed by atoms with Gasteiger partial charge in [-0.15, -0.1) is 0 Å². The Morgan fingerprint density at radius 2 is 2.00 bits per heavy atom. The van der Waals surface area contributed by atoms with E-state index in [1.54, 1.807) is 0 Å². The highest BCUT2D eigenvalue weighted by molar-refractivity contribution is 6.30. The normalized spacial score (nSPS) is 12.9. The van der Waals surface area contributed by atoms with E-state index < -0.39 is 0 Å². The molecule has 108 valence electrons. The highest BCUT2D eigenvalue weighted by atomic mass is 35.5. The summed E-state index contributed by atoms with van der Waals surface area (Å²) in [6.07, 6.45) is 1.91. The molecule has 1 atom stereocenters. The number of nitrogens with zero attached hydrogens (tertiary/aromatic N) is 3. The van der Waals surface area contributed by atoms with Crippen LogP contribution in [0.15, 0.2) is 30.5 Å². The molecular formula is C15H21ClN4. The first-order valence-electron chi connectivity index (χ1n) is 6.66. The quantitative estimate of drug-likeness (QED) is 0.921. The molecule has 0 bridgehead atoms. The Hall–Kier alpha value is -1.36. The van der Waals surface area contributed by atoms with Crippen molar-refractivity contribution in [1.82, 2.24) is 14.7 Å². The van der Waals surface area contributed by atoms with Gasteiger partial charge in [-0.25, -0.2) is 0 Å². The Labute approximate surface area is 125 Å². The predicted octanol–water partition coefficient (Wildman–Crippen LogP) is 2.51. The van der Waals surface area contributed by atoms with E-state index in [0.29, 0.717) is 6.54 Å². The Kier molecular flexibility index (Phi) is 4.81. The molecule has 5 heteroatoms. The molecule has 1 aromatic carbocycles. The third kappa shape index (κ3) is 3.20. The van der Waals surface area contributed by atoms with Crippen LogP contribution in [0.25, 0.3) is 0 Å². The number of benzene rings is 1. The fourth-order valence-corrected chi connectivity index (χ4v) is 2.50. The standard InChI is InChI=1S/C15H21ClN4/c1-11-14(9-18-20(11)3)15(8-17)19(2)10-12-4-6-13(16)7-5-12/h4-7,9,15H,8,10,17H2,1-3H3. The fraction of sp³-hybridized carbons (Fsp3) is 0.400. The van der Waals surface area contributed by atoms with Gasteiger partial charge in [0.15, 0.2) is 0 Å². The smallest absolute Gasteiger partial charge is 0.0540 e. The third-order valence-electron chi connectivity index (χ3n) is 3.73. The number of aromatic nitrogens is 2. The van der Waals surface area contributed by atoms with E-state index in [-0.39, 0.29) is 6.04 Å². The molecule has 0 saturated carbocycles. The summed E-state index contributed by atoms with van der Waals surface area (Å²) in [5.41, 5.74) is 9.52. The van der Waals surface area contributed by atoms with Crippen LogP contribution in [0.3, 0.4) is 0 Å². The van der Waals surface area contributed by atoms with Crippen molar-refractivity contribution in [1.29, 1.82) is 0 Å². The second-order valence-corrected chi connectivity index (χ2v) is 5.54. The van der Waals surface area contributed by atoms with Crippen molar-refractivity contribution in [2.75, 3.05) is 13.6 Å². The van der Waals surface area contributed by atoms with Crippen LogP contribution >= 0.6 is 11.6 Å². The van der Waals surface area contributed by atoms with Gasteiger partial charge >= 0.3 is 0 Å². The maximum absolute atomic E-state index is 5.96. The van der Waals surface area contributed by atoms with Crippen molar-refractivity contribution in [3.05, 3.63) is 52.3 Å². The molecule has 0 aliphatic rings. The van der Waals surface area contributed by atoms with Crippen LogP contribution in [0, 0.1) is 6.92 Å². The van der Waals surface area contributed by atoms with Gasteiger partial charge in [-0.2, -0.15) is 5.10 Å². The van der Waals surface area contributed by atoms with Gasteiger partial charge in [0, 0.05) is 36.4 Å². The van der Waals surface area contributed by atoms with Crippen molar-refractivity contribution in [2.24, 2.45) is 12.8 Å². The van der Waals surface area contributed by atoms with Crippen molar-refractivity contribution in [3.63, 3.8) is 0 Å². The fourth-order valence-electron chi connectivity index (χ4n) is 2.38. The molecule has 0 amide bonds. The number of aryl methyl sites for hydroxylation is 1.